The van der Waals surface area contributed by atoms with Gasteiger partial charge < -0.3 is 4.57 Å². The first-order valence-corrected chi connectivity index (χ1v) is 7.65. The number of nitrogens with zero attached hydrogens (tertiary/aromatic N) is 1. The van der Waals surface area contributed by atoms with Crippen molar-refractivity contribution in [3.63, 3.8) is 0 Å². The maximum atomic E-state index is 4.11. The predicted octanol–water partition coefficient (Wildman–Crippen LogP) is 3.82. The molecular formula is C12H27NSi. The van der Waals surface area contributed by atoms with Crippen LogP contribution in [0.1, 0.15) is 41.0 Å². The standard InChI is InChI=1S/C12H27NSi/c1-9-11(3)14(10-2,13(7)8)12(4,5)6/h10-11H,2,9H2,1,3-8H3. The smallest absolute Gasteiger partial charge is 0.160 e. The lowest BCUT2D eigenvalue weighted by atomic mass is 10.2. The van der Waals surface area contributed by atoms with Gasteiger partial charge in [0.15, 0.2) is 8.24 Å². The highest BCUT2D eigenvalue weighted by atomic mass is 28.3. The molecule has 0 aliphatic rings. The first-order chi connectivity index (χ1) is 6.24. The molecule has 0 aromatic heterocycles. The van der Waals surface area contributed by atoms with Crippen LogP contribution in [0.5, 0.6) is 0 Å². The molecule has 0 heterocycles. The fourth-order valence-electron chi connectivity index (χ4n) is 2.85. The van der Waals surface area contributed by atoms with Gasteiger partial charge in [-0.05, 0) is 24.7 Å². The van der Waals surface area contributed by atoms with Crippen molar-refractivity contribution in [3.05, 3.63) is 12.3 Å². The number of hydrogen-bond donors (Lipinski definition) is 0. The second-order valence-corrected chi connectivity index (χ2v) is 10.9. The van der Waals surface area contributed by atoms with Crippen molar-refractivity contribution in [3.8, 4) is 0 Å². The topological polar surface area (TPSA) is 3.24 Å². The molecule has 0 saturated heterocycles. The first-order valence-electron chi connectivity index (χ1n) is 5.55. The Morgan fingerprint density at radius 3 is 1.86 bits per heavy atom. The van der Waals surface area contributed by atoms with Crippen LogP contribution in [-0.2, 0) is 0 Å². The summed E-state index contributed by atoms with van der Waals surface area (Å²) >= 11 is 0. The molecule has 84 valence electrons. The lowest BCUT2D eigenvalue weighted by Crippen LogP contribution is -2.57. The third kappa shape index (κ3) is 2.11. The van der Waals surface area contributed by atoms with Crippen molar-refractivity contribution in [1.82, 2.24) is 4.57 Å². The Morgan fingerprint density at radius 2 is 1.79 bits per heavy atom. The monoisotopic (exact) mass is 213 g/mol. The van der Waals surface area contributed by atoms with Crippen molar-refractivity contribution in [2.45, 2.75) is 51.6 Å². The van der Waals surface area contributed by atoms with Crippen molar-refractivity contribution < 1.29 is 0 Å². The molecule has 0 radical (unpaired) electrons. The molecule has 0 aromatic carbocycles. The summed E-state index contributed by atoms with van der Waals surface area (Å²) in [6.07, 6.45) is 1.24. The van der Waals surface area contributed by atoms with Crippen LogP contribution in [-0.4, -0.2) is 26.9 Å². The van der Waals surface area contributed by atoms with E-state index in [2.05, 4.69) is 65.6 Å². The summed E-state index contributed by atoms with van der Waals surface area (Å²) in [5.74, 6) is 0. The molecule has 0 fully saturated rings. The summed E-state index contributed by atoms with van der Waals surface area (Å²) in [5.41, 5.74) is 3.02. The van der Waals surface area contributed by atoms with E-state index in [-0.39, 0.29) is 0 Å². The lowest BCUT2D eigenvalue weighted by molar-refractivity contribution is 0.521. The molecule has 0 saturated carbocycles. The van der Waals surface area contributed by atoms with Gasteiger partial charge >= 0.3 is 0 Å². The van der Waals surface area contributed by atoms with Gasteiger partial charge in [-0.2, -0.15) is 0 Å². The lowest BCUT2D eigenvalue weighted by Gasteiger charge is -2.49. The van der Waals surface area contributed by atoms with E-state index >= 15 is 0 Å². The van der Waals surface area contributed by atoms with Gasteiger partial charge in [0, 0.05) is 0 Å². The Kier molecular flexibility index (Phi) is 4.60. The average Bonchev–Trinajstić information content (AvgIpc) is 2.02. The van der Waals surface area contributed by atoms with Crippen LogP contribution in [0.3, 0.4) is 0 Å². The van der Waals surface area contributed by atoms with Crippen LogP contribution in [0.25, 0.3) is 0 Å². The summed E-state index contributed by atoms with van der Waals surface area (Å²) in [5, 5.41) is 0.355. The molecule has 2 atom stereocenters. The summed E-state index contributed by atoms with van der Waals surface area (Å²) in [6, 6.07) is 0. The molecule has 0 spiro atoms. The summed E-state index contributed by atoms with van der Waals surface area (Å²) in [7, 11) is 2.87. The third-order valence-electron chi connectivity index (χ3n) is 3.62. The van der Waals surface area contributed by atoms with Crippen LogP contribution < -0.4 is 0 Å². The Balaban J connectivity index is 5.31. The van der Waals surface area contributed by atoms with E-state index < -0.39 is 8.24 Å². The molecule has 2 heteroatoms. The molecule has 14 heavy (non-hydrogen) atoms. The van der Waals surface area contributed by atoms with Crippen molar-refractivity contribution in [2.24, 2.45) is 0 Å². The molecule has 0 N–H and O–H groups in total. The minimum absolute atomic E-state index is 0.355. The molecule has 0 aliphatic heterocycles. The highest BCUT2D eigenvalue weighted by Crippen LogP contribution is 2.46. The predicted molar refractivity (Wildman–Crippen MR) is 69.1 cm³/mol. The molecule has 1 nitrogen and oxygen atoms in total. The quantitative estimate of drug-likeness (QED) is 0.642. The zero-order valence-electron chi connectivity index (χ0n) is 11.0. The average molecular weight is 213 g/mol. The van der Waals surface area contributed by atoms with Gasteiger partial charge in [-0.1, -0.05) is 46.7 Å². The van der Waals surface area contributed by atoms with Crippen LogP contribution in [0.15, 0.2) is 12.3 Å². The van der Waals surface area contributed by atoms with Crippen LogP contribution in [0, 0.1) is 0 Å². The van der Waals surface area contributed by atoms with E-state index in [9.17, 15) is 0 Å². The summed E-state index contributed by atoms with van der Waals surface area (Å²) < 4.78 is 2.45. The van der Waals surface area contributed by atoms with E-state index in [0.717, 1.165) is 5.54 Å². The minimum Gasteiger partial charge on any atom is -0.325 e. The second kappa shape index (κ2) is 4.62. The zero-order valence-corrected chi connectivity index (χ0v) is 12.0. The minimum atomic E-state index is -1.55. The molecule has 0 rings (SSSR count). The van der Waals surface area contributed by atoms with Crippen LogP contribution in [0.4, 0.5) is 0 Å². The second-order valence-electron chi connectivity index (χ2n) is 5.48. The van der Waals surface area contributed by atoms with Crippen LogP contribution in [0.2, 0.25) is 10.6 Å². The maximum Gasteiger partial charge on any atom is 0.160 e. The van der Waals surface area contributed by atoms with E-state index in [1.165, 1.54) is 6.42 Å². The highest BCUT2D eigenvalue weighted by molar-refractivity contribution is 6.85. The summed E-state index contributed by atoms with van der Waals surface area (Å²) in [4.78, 5) is 0. The maximum absolute atomic E-state index is 4.11. The van der Waals surface area contributed by atoms with Crippen molar-refractivity contribution in [1.29, 1.82) is 0 Å². The third-order valence-corrected chi connectivity index (χ3v) is 10.0. The van der Waals surface area contributed by atoms with E-state index in [4.69, 9.17) is 0 Å². The normalized spacial score (nSPS) is 19.1. The van der Waals surface area contributed by atoms with Gasteiger partial charge in [-0.25, -0.2) is 0 Å². The van der Waals surface area contributed by atoms with E-state index in [0.29, 0.717) is 5.04 Å². The Morgan fingerprint density at radius 1 is 1.36 bits per heavy atom. The molecule has 0 aliphatic carbocycles. The molecule has 2 unspecified atom stereocenters. The van der Waals surface area contributed by atoms with E-state index in [1.54, 1.807) is 0 Å². The summed E-state index contributed by atoms with van der Waals surface area (Å²) in [6.45, 7) is 15.8. The molecule has 0 amide bonds. The molecule has 0 bridgehead atoms. The van der Waals surface area contributed by atoms with Gasteiger partial charge in [0.05, 0.1) is 0 Å². The van der Waals surface area contributed by atoms with Gasteiger partial charge in [0.2, 0.25) is 0 Å². The van der Waals surface area contributed by atoms with Gasteiger partial charge in [0.1, 0.15) is 0 Å². The van der Waals surface area contributed by atoms with E-state index in [1.807, 2.05) is 0 Å². The number of hydrogen-bond acceptors (Lipinski definition) is 1. The first kappa shape index (κ1) is 13.9. The Bertz CT molecular complexity index is 193. The zero-order chi connectivity index (χ0) is 11.6. The molecule has 0 aromatic rings. The van der Waals surface area contributed by atoms with Gasteiger partial charge in [-0.3, -0.25) is 0 Å². The van der Waals surface area contributed by atoms with Crippen molar-refractivity contribution >= 4 is 8.24 Å². The largest absolute Gasteiger partial charge is 0.325 e. The van der Waals surface area contributed by atoms with Gasteiger partial charge in [-0.15, -0.1) is 6.58 Å². The van der Waals surface area contributed by atoms with Gasteiger partial charge in [0.25, 0.3) is 0 Å². The highest BCUT2D eigenvalue weighted by Gasteiger charge is 2.47. The Labute approximate surface area is 91.3 Å². The van der Waals surface area contributed by atoms with Crippen LogP contribution >= 0.6 is 0 Å². The number of rotatable bonds is 4. The SMILES string of the molecule is C=C[Si](C(C)CC)(N(C)C)C(C)(C)C. The fraction of sp³-hybridized carbons (Fsp3) is 0.833. The molecular weight excluding hydrogens is 186 g/mol. The fourth-order valence-corrected chi connectivity index (χ4v) is 8.56. The Hall–Kier alpha value is -0.0831. The van der Waals surface area contributed by atoms with Crippen molar-refractivity contribution in [2.75, 3.05) is 14.1 Å².